The van der Waals surface area contributed by atoms with Gasteiger partial charge in [-0.15, -0.1) is 0 Å². The van der Waals surface area contributed by atoms with Gasteiger partial charge in [0.25, 0.3) is 0 Å². The van der Waals surface area contributed by atoms with Crippen LogP contribution in [0.4, 0.5) is 0 Å². The van der Waals surface area contributed by atoms with Crippen LogP contribution in [-0.2, 0) is 4.74 Å². The number of hydrogen-bond donors (Lipinski definition) is 0. The van der Waals surface area contributed by atoms with Gasteiger partial charge in [0.2, 0.25) is 0 Å². The Morgan fingerprint density at radius 1 is 1.33 bits per heavy atom. The first-order valence-corrected chi connectivity index (χ1v) is 5.92. The topological polar surface area (TPSA) is 36.3 Å². The first kappa shape index (κ1) is 10.9. The average molecular weight is 208 g/mol. The predicted octanol–water partition coefficient (Wildman–Crippen LogP) is 1.65. The maximum absolute atomic E-state index is 9.19. The predicted molar refractivity (Wildman–Crippen MR) is 58.3 cm³/mol. The quantitative estimate of drug-likeness (QED) is 0.692. The van der Waals surface area contributed by atoms with Crippen molar-refractivity contribution >= 4 is 0 Å². The van der Waals surface area contributed by atoms with Gasteiger partial charge in [-0.05, 0) is 24.7 Å². The van der Waals surface area contributed by atoms with Gasteiger partial charge >= 0.3 is 0 Å². The van der Waals surface area contributed by atoms with E-state index in [0.29, 0.717) is 13.2 Å². The van der Waals surface area contributed by atoms with Crippen LogP contribution < -0.4 is 0 Å². The third-order valence-electron chi connectivity index (χ3n) is 3.98. The Bertz CT molecular complexity index is 257. The number of rotatable bonds is 2. The van der Waals surface area contributed by atoms with E-state index in [9.17, 15) is 5.26 Å². The molecule has 2 rings (SSSR count). The van der Waals surface area contributed by atoms with Crippen molar-refractivity contribution in [1.29, 1.82) is 5.26 Å². The van der Waals surface area contributed by atoms with Gasteiger partial charge in [0.1, 0.15) is 0 Å². The molecule has 0 unspecified atom stereocenters. The summed E-state index contributed by atoms with van der Waals surface area (Å²) in [6, 6.07) is 2.43. The monoisotopic (exact) mass is 208 g/mol. The molecule has 0 aromatic heterocycles. The van der Waals surface area contributed by atoms with Crippen molar-refractivity contribution in [2.75, 3.05) is 26.3 Å². The van der Waals surface area contributed by atoms with E-state index in [1.54, 1.807) is 0 Å². The van der Waals surface area contributed by atoms with Gasteiger partial charge in [0.05, 0.1) is 19.3 Å². The maximum Gasteiger partial charge on any atom is 0.156 e. The van der Waals surface area contributed by atoms with E-state index < -0.39 is 0 Å². The van der Waals surface area contributed by atoms with E-state index in [1.807, 2.05) is 0 Å². The molecular formula is C12H20N2O. The first-order valence-electron chi connectivity index (χ1n) is 5.92. The van der Waals surface area contributed by atoms with Crippen LogP contribution in [0.1, 0.15) is 26.7 Å². The third-order valence-corrected chi connectivity index (χ3v) is 3.98. The van der Waals surface area contributed by atoms with E-state index >= 15 is 0 Å². The second-order valence-corrected chi connectivity index (χ2v) is 5.20. The highest BCUT2D eigenvalue weighted by atomic mass is 16.5. The summed E-state index contributed by atoms with van der Waals surface area (Å²) in [6.45, 7) is 7.95. The van der Waals surface area contributed by atoms with Gasteiger partial charge in [0.15, 0.2) is 5.54 Å². The molecule has 84 valence electrons. The van der Waals surface area contributed by atoms with Gasteiger partial charge in [-0.2, -0.15) is 5.26 Å². The van der Waals surface area contributed by atoms with Crippen molar-refractivity contribution in [1.82, 2.24) is 4.90 Å². The zero-order valence-corrected chi connectivity index (χ0v) is 9.70. The van der Waals surface area contributed by atoms with Crippen molar-refractivity contribution in [2.24, 2.45) is 11.8 Å². The van der Waals surface area contributed by atoms with E-state index in [-0.39, 0.29) is 5.54 Å². The number of likely N-dealkylation sites (tertiary alicyclic amines) is 1. The Labute approximate surface area is 92.0 Å². The van der Waals surface area contributed by atoms with Crippen molar-refractivity contribution in [2.45, 2.75) is 32.2 Å². The lowest BCUT2D eigenvalue weighted by atomic mass is 9.84. The van der Waals surface area contributed by atoms with Crippen LogP contribution in [0.25, 0.3) is 0 Å². The molecule has 0 spiro atoms. The molecule has 0 aromatic carbocycles. The fraction of sp³-hybridized carbons (Fsp3) is 0.917. The molecule has 2 fully saturated rings. The van der Waals surface area contributed by atoms with Crippen molar-refractivity contribution < 1.29 is 4.74 Å². The highest BCUT2D eigenvalue weighted by molar-refractivity contribution is 5.13. The molecule has 15 heavy (non-hydrogen) atoms. The third kappa shape index (κ3) is 1.89. The summed E-state index contributed by atoms with van der Waals surface area (Å²) in [4.78, 5) is 2.33. The lowest BCUT2D eigenvalue weighted by molar-refractivity contribution is -0.117. The van der Waals surface area contributed by atoms with Crippen LogP contribution in [-0.4, -0.2) is 36.7 Å². The minimum absolute atomic E-state index is 0.276. The number of nitrogens with zero attached hydrogens (tertiary/aromatic N) is 2. The fourth-order valence-corrected chi connectivity index (χ4v) is 2.61. The molecule has 2 saturated heterocycles. The van der Waals surface area contributed by atoms with Gasteiger partial charge in [0, 0.05) is 13.1 Å². The molecule has 0 bridgehead atoms. The Hall–Kier alpha value is -0.590. The highest BCUT2D eigenvalue weighted by Crippen LogP contribution is 2.31. The lowest BCUT2D eigenvalue weighted by Gasteiger charge is -2.47. The normalized spacial score (nSPS) is 27.3. The molecule has 3 nitrogen and oxygen atoms in total. The zero-order valence-electron chi connectivity index (χ0n) is 9.70. The molecule has 3 heteroatoms. The largest absolute Gasteiger partial charge is 0.375 e. The van der Waals surface area contributed by atoms with E-state index in [2.05, 4.69) is 24.8 Å². The molecular weight excluding hydrogens is 188 g/mol. The Morgan fingerprint density at radius 3 is 2.27 bits per heavy atom. The molecule has 0 radical (unpaired) electrons. The van der Waals surface area contributed by atoms with E-state index in [0.717, 1.165) is 24.9 Å². The smallest absolute Gasteiger partial charge is 0.156 e. The zero-order chi connectivity index (χ0) is 10.9. The van der Waals surface area contributed by atoms with Crippen LogP contribution >= 0.6 is 0 Å². The summed E-state index contributed by atoms with van der Waals surface area (Å²) >= 11 is 0. The average Bonchev–Trinajstić information content (AvgIpc) is 2.18. The molecule has 0 N–H and O–H groups in total. The van der Waals surface area contributed by atoms with Crippen molar-refractivity contribution in [3.63, 3.8) is 0 Å². The van der Waals surface area contributed by atoms with Gasteiger partial charge < -0.3 is 4.74 Å². The maximum atomic E-state index is 9.19. The number of piperidine rings is 1. The van der Waals surface area contributed by atoms with Gasteiger partial charge in [-0.3, -0.25) is 4.90 Å². The SMILES string of the molecule is CC(C)C1CCN(C2(C#N)COC2)CC1. The molecule has 0 aliphatic carbocycles. The Balaban J connectivity index is 1.91. The summed E-state index contributed by atoms with van der Waals surface area (Å²) in [5.41, 5.74) is -0.276. The second kappa shape index (κ2) is 4.11. The molecule has 0 amide bonds. The summed E-state index contributed by atoms with van der Waals surface area (Å²) in [7, 11) is 0. The molecule has 0 atom stereocenters. The first-order chi connectivity index (χ1) is 7.18. The molecule has 2 aliphatic heterocycles. The van der Waals surface area contributed by atoms with Crippen LogP contribution in [0.3, 0.4) is 0 Å². The van der Waals surface area contributed by atoms with Crippen LogP contribution in [0.2, 0.25) is 0 Å². The number of hydrogen-bond acceptors (Lipinski definition) is 3. The summed E-state index contributed by atoms with van der Waals surface area (Å²) in [5.74, 6) is 1.63. The number of nitriles is 1. The Kier molecular flexibility index (Phi) is 2.99. The standard InChI is InChI=1S/C12H20N2O/c1-10(2)11-3-5-14(6-4-11)12(7-13)8-15-9-12/h10-11H,3-6,8-9H2,1-2H3. The van der Waals surface area contributed by atoms with Gasteiger partial charge in [-0.25, -0.2) is 0 Å². The summed E-state index contributed by atoms with van der Waals surface area (Å²) in [6.07, 6.45) is 2.47. The van der Waals surface area contributed by atoms with Crippen molar-refractivity contribution in [3.8, 4) is 6.07 Å². The van der Waals surface area contributed by atoms with Crippen molar-refractivity contribution in [3.05, 3.63) is 0 Å². The number of ether oxygens (including phenoxy) is 1. The minimum Gasteiger partial charge on any atom is -0.375 e. The fourth-order valence-electron chi connectivity index (χ4n) is 2.61. The minimum atomic E-state index is -0.276. The molecule has 0 saturated carbocycles. The lowest BCUT2D eigenvalue weighted by Crippen LogP contribution is -2.63. The molecule has 2 aliphatic rings. The van der Waals surface area contributed by atoms with Crippen LogP contribution in [0, 0.1) is 23.2 Å². The van der Waals surface area contributed by atoms with Gasteiger partial charge in [-0.1, -0.05) is 13.8 Å². The summed E-state index contributed by atoms with van der Waals surface area (Å²) in [5, 5.41) is 9.19. The highest BCUT2D eigenvalue weighted by Gasteiger charge is 2.45. The van der Waals surface area contributed by atoms with Crippen LogP contribution in [0.15, 0.2) is 0 Å². The molecule has 2 heterocycles. The Morgan fingerprint density at radius 2 is 1.93 bits per heavy atom. The summed E-state index contributed by atoms with van der Waals surface area (Å²) < 4.78 is 5.19. The van der Waals surface area contributed by atoms with E-state index in [1.165, 1.54) is 12.8 Å². The molecule has 0 aromatic rings. The van der Waals surface area contributed by atoms with E-state index in [4.69, 9.17) is 4.74 Å². The second-order valence-electron chi connectivity index (χ2n) is 5.20. The van der Waals surface area contributed by atoms with Crippen LogP contribution in [0.5, 0.6) is 0 Å².